The summed E-state index contributed by atoms with van der Waals surface area (Å²) in [6.45, 7) is -0.246. The third-order valence-corrected chi connectivity index (χ3v) is 6.96. The number of benzene rings is 2. The van der Waals surface area contributed by atoms with Crippen LogP contribution in [0.4, 0.5) is 24.9 Å². The Labute approximate surface area is 227 Å². The van der Waals surface area contributed by atoms with Crippen molar-refractivity contribution in [3.05, 3.63) is 72.3 Å². The van der Waals surface area contributed by atoms with Gasteiger partial charge in [0.15, 0.2) is 0 Å². The van der Waals surface area contributed by atoms with Gasteiger partial charge in [0.2, 0.25) is 5.95 Å². The molecule has 0 saturated carbocycles. The van der Waals surface area contributed by atoms with E-state index < -0.39 is 30.7 Å². The smallest absolute Gasteiger partial charge is 0.262 e. The minimum Gasteiger partial charge on any atom is -0.496 e. The Morgan fingerprint density at radius 1 is 1.12 bits per heavy atom. The predicted octanol–water partition coefficient (Wildman–Crippen LogP) is 4.60. The average Bonchev–Trinajstić information content (AvgIpc) is 3.54. The molecule has 0 aliphatic carbocycles. The van der Waals surface area contributed by atoms with Crippen LogP contribution in [-0.4, -0.2) is 65.8 Å². The van der Waals surface area contributed by atoms with E-state index in [0.29, 0.717) is 28.4 Å². The summed E-state index contributed by atoms with van der Waals surface area (Å²) < 4.78 is 52.8. The average molecular weight is 550 g/mol. The third-order valence-electron chi connectivity index (χ3n) is 6.96. The maximum atomic E-state index is 14.9. The van der Waals surface area contributed by atoms with Gasteiger partial charge in [0, 0.05) is 49.9 Å². The zero-order chi connectivity index (χ0) is 27.9. The number of anilines is 2. The summed E-state index contributed by atoms with van der Waals surface area (Å²) in [4.78, 5) is 10.4. The van der Waals surface area contributed by atoms with Crippen LogP contribution in [0.3, 0.4) is 0 Å². The molecule has 0 spiro atoms. The lowest BCUT2D eigenvalue weighted by atomic mass is 10.0. The number of nitrogens with one attached hydrogen (secondary N) is 1. The molecule has 0 unspecified atom stereocenters. The van der Waals surface area contributed by atoms with E-state index in [1.54, 1.807) is 35.3 Å². The van der Waals surface area contributed by atoms with Crippen molar-refractivity contribution in [2.75, 3.05) is 25.5 Å². The molecule has 1 aliphatic heterocycles. The van der Waals surface area contributed by atoms with E-state index in [1.807, 2.05) is 25.2 Å². The summed E-state index contributed by atoms with van der Waals surface area (Å²) >= 11 is 0. The van der Waals surface area contributed by atoms with Gasteiger partial charge in [-0.1, -0.05) is 17.3 Å². The number of likely N-dealkylation sites (tertiary alicyclic amines) is 1. The molecule has 40 heavy (non-hydrogen) atoms. The van der Waals surface area contributed by atoms with Crippen LogP contribution < -0.4 is 10.1 Å². The van der Waals surface area contributed by atoms with Crippen molar-refractivity contribution in [2.24, 2.45) is 7.05 Å². The van der Waals surface area contributed by atoms with Gasteiger partial charge in [-0.25, -0.2) is 27.8 Å². The highest BCUT2D eigenvalue weighted by Crippen LogP contribution is 2.36. The number of ether oxygens (including phenoxy) is 1. The maximum Gasteiger partial charge on any atom is 0.262 e. The van der Waals surface area contributed by atoms with Gasteiger partial charge in [-0.3, -0.25) is 9.58 Å². The van der Waals surface area contributed by atoms with Crippen LogP contribution >= 0.6 is 0 Å². The van der Waals surface area contributed by atoms with Crippen molar-refractivity contribution >= 4 is 22.8 Å². The molecule has 1 saturated heterocycles. The second-order valence-electron chi connectivity index (χ2n) is 9.77. The monoisotopic (exact) mass is 549 g/mol. The van der Waals surface area contributed by atoms with Crippen LogP contribution in [0.25, 0.3) is 22.3 Å². The van der Waals surface area contributed by atoms with Crippen LogP contribution in [0, 0.1) is 5.82 Å². The lowest BCUT2D eigenvalue weighted by molar-refractivity contribution is -0.0850. The number of methoxy groups -OCH3 is 1. The zero-order valence-corrected chi connectivity index (χ0v) is 21.8. The van der Waals surface area contributed by atoms with E-state index in [2.05, 4.69) is 30.7 Å². The molecular weight excluding hydrogens is 523 g/mol. The van der Waals surface area contributed by atoms with E-state index in [0.717, 1.165) is 11.4 Å². The van der Waals surface area contributed by atoms with Gasteiger partial charge < -0.3 is 10.1 Å². The Morgan fingerprint density at radius 3 is 2.80 bits per heavy atom. The largest absolute Gasteiger partial charge is 0.496 e. The number of rotatable bonds is 7. The maximum absolute atomic E-state index is 14.9. The second-order valence-corrected chi connectivity index (χ2v) is 9.77. The topological polar surface area (TPSA) is 98.8 Å². The predicted molar refractivity (Wildman–Crippen MR) is 142 cm³/mol. The Kier molecular flexibility index (Phi) is 6.58. The highest BCUT2D eigenvalue weighted by atomic mass is 19.3. The number of nitrogens with zero attached hydrogens (tertiary/aromatic N) is 8. The van der Waals surface area contributed by atoms with Gasteiger partial charge in [0.1, 0.15) is 22.9 Å². The second kappa shape index (κ2) is 10.2. The van der Waals surface area contributed by atoms with Gasteiger partial charge in [0.25, 0.3) is 5.92 Å². The first-order valence-corrected chi connectivity index (χ1v) is 12.6. The Balaban J connectivity index is 1.25. The van der Waals surface area contributed by atoms with E-state index in [-0.39, 0.29) is 18.7 Å². The first-order chi connectivity index (χ1) is 19.3. The summed E-state index contributed by atoms with van der Waals surface area (Å²) in [6, 6.07) is 12.8. The van der Waals surface area contributed by atoms with Crippen molar-refractivity contribution < 1.29 is 17.9 Å². The van der Waals surface area contributed by atoms with Gasteiger partial charge in [-0.15, -0.1) is 5.10 Å². The first kappa shape index (κ1) is 25.7. The van der Waals surface area contributed by atoms with Crippen molar-refractivity contribution in [2.45, 2.75) is 24.9 Å². The molecule has 0 bridgehead atoms. The number of aryl methyl sites for hydroxylation is 1. The highest BCUT2D eigenvalue weighted by Gasteiger charge is 2.42. The molecule has 1 N–H and O–H groups in total. The minimum atomic E-state index is -2.99. The lowest BCUT2D eigenvalue weighted by Crippen LogP contribution is -2.47. The number of aromatic nitrogens is 7. The van der Waals surface area contributed by atoms with Crippen molar-refractivity contribution in [3.8, 4) is 17.0 Å². The molecular formula is C27H26F3N9O. The highest BCUT2D eigenvalue weighted by molar-refractivity contribution is 5.81. The molecule has 206 valence electrons. The van der Waals surface area contributed by atoms with Crippen LogP contribution in [0.2, 0.25) is 0 Å². The molecule has 0 amide bonds. The molecule has 5 aromatic rings. The Bertz CT molecular complexity index is 1670. The molecule has 3 aromatic heterocycles. The van der Waals surface area contributed by atoms with E-state index in [4.69, 9.17) is 4.74 Å². The molecule has 6 rings (SSSR count). The van der Waals surface area contributed by atoms with E-state index >= 15 is 0 Å². The fourth-order valence-electron chi connectivity index (χ4n) is 5.12. The van der Waals surface area contributed by atoms with Crippen LogP contribution in [0.15, 0.2) is 60.9 Å². The number of fused-ring (bicyclic) bond motifs is 1. The number of halogens is 3. The molecule has 13 heteroatoms. The van der Waals surface area contributed by atoms with Gasteiger partial charge >= 0.3 is 0 Å². The van der Waals surface area contributed by atoms with Crippen molar-refractivity contribution in [3.63, 3.8) is 0 Å². The fourth-order valence-corrected chi connectivity index (χ4v) is 5.12. The SMILES string of the molecule is COc1cccc(F)c1CN1C[C@H](n2nnc3cc(-c4ccnc(Nc5ccnn5C)n4)ccc32)CC(F)(F)C1. The molecule has 2 aromatic carbocycles. The quantitative estimate of drug-likeness (QED) is 0.315. The Morgan fingerprint density at radius 2 is 2.00 bits per heavy atom. The van der Waals surface area contributed by atoms with Gasteiger partial charge in [0.05, 0.1) is 37.1 Å². The van der Waals surface area contributed by atoms with Crippen LogP contribution in [0.1, 0.15) is 18.0 Å². The van der Waals surface area contributed by atoms with Gasteiger partial charge in [-0.2, -0.15) is 5.10 Å². The van der Waals surface area contributed by atoms with E-state index in [9.17, 15) is 13.2 Å². The minimum absolute atomic E-state index is 0.0123. The summed E-state index contributed by atoms with van der Waals surface area (Å²) in [5, 5.41) is 15.8. The Hall–Kier alpha value is -4.52. The number of hydrogen-bond acceptors (Lipinski definition) is 8. The number of hydrogen-bond donors (Lipinski definition) is 1. The molecule has 4 heterocycles. The third kappa shape index (κ3) is 5.07. The summed E-state index contributed by atoms with van der Waals surface area (Å²) in [7, 11) is 3.24. The fraction of sp³-hybridized carbons (Fsp3) is 0.296. The standard InChI is InChI=1S/C27H26F3N9O/c1-37-25(9-11-32-37)34-26-31-10-8-21(33-26)17-6-7-23-22(12-17)35-36-39(23)18-13-27(29,30)16-38(14-18)15-19-20(28)4-3-5-24(19)40-2/h3-12,18H,13-16H2,1-2H3,(H,31,33,34)/t18-/m1/s1. The summed E-state index contributed by atoms with van der Waals surface area (Å²) in [6.07, 6.45) is 2.92. The summed E-state index contributed by atoms with van der Waals surface area (Å²) in [5.41, 5.74) is 2.85. The summed E-state index contributed by atoms with van der Waals surface area (Å²) in [5.74, 6) is -2.01. The molecule has 10 nitrogen and oxygen atoms in total. The first-order valence-electron chi connectivity index (χ1n) is 12.6. The lowest BCUT2D eigenvalue weighted by Gasteiger charge is -2.37. The van der Waals surface area contributed by atoms with E-state index in [1.165, 1.54) is 28.8 Å². The normalized spacial score (nSPS) is 17.3. The van der Waals surface area contributed by atoms with Gasteiger partial charge in [-0.05, 0) is 30.3 Å². The molecule has 0 radical (unpaired) electrons. The van der Waals surface area contributed by atoms with Crippen LogP contribution in [0.5, 0.6) is 5.75 Å². The van der Waals surface area contributed by atoms with Crippen molar-refractivity contribution in [1.29, 1.82) is 0 Å². The molecule has 1 atom stereocenters. The molecule has 1 aliphatic rings. The number of piperidine rings is 1. The molecule has 1 fully saturated rings. The zero-order valence-electron chi connectivity index (χ0n) is 21.8. The van der Waals surface area contributed by atoms with Crippen LogP contribution in [-0.2, 0) is 13.6 Å². The van der Waals surface area contributed by atoms with Crippen molar-refractivity contribution in [1.82, 2.24) is 39.6 Å². The number of alkyl halides is 2.